The van der Waals surface area contributed by atoms with Gasteiger partial charge in [0.1, 0.15) is 17.8 Å². The molecule has 0 aromatic carbocycles. The molecule has 0 saturated carbocycles. The molecule has 5 atom stereocenters. The van der Waals surface area contributed by atoms with Crippen molar-refractivity contribution in [1.82, 2.24) is 0 Å². The van der Waals surface area contributed by atoms with Crippen LogP contribution in [-0.4, -0.2) is 41.5 Å². The third-order valence-electron chi connectivity index (χ3n) is 3.54. The van der Waals surface area contributed by atoms with E-state index in [9.17, 15) is 9.46 Å². The van der Waals surface area contributed by atoms with Crippen molar-refractivity contribution in [3.8, 4) is 0 Å². The van der Waals surface area contributed by atoms with E-state index >= 15 is 0 Å². The fourth-order valence-corrected chi connectivity index (χ4v) is 3.92. The van der Waals surface area contributed by atoms with Crippen LogP contribution in [0.3, 0.4) is 0 Å². The molecular weight excluding hydrogens is 283 g/mol. The van der Waals surface area contributed by atoms with E-state index in [2.05, 4.69) is 13.8 Å². The van der Waals surface area contributed by atoms with Crippen LogP contribution in [0.25, 0.3) is 0 Å². The van der Waals surface area contributed by atoms with Crippen molar-refractivity contribution >= 4 is 7.82 Å². The SMILES string of the molecule is CC(C)C[C@H]1O[C@]2(C)CO[C@H]2C1OP(=O)(O)OC(C)C. The number of hydrogen-bond donors (Lipinski definition) is 1. The van der Waals surface area contributed by atoms with E-state index in [1.807, 2.05) is 6.92 Å². The second-order valence-electron chi connectivity index (χ2n) is 6.52. The average Bonchev–Trinajstić information content (AvgIpc) is 2.37. The van der Waals surface area contributed by atoms with Crippen LogP contribution in [0.1, 0.15) is 41.0 Å². The number of rotatable bonds is 6. The van der Waals surface area contributed by atoms with Gasteiger partial charge in [0.25, 0.3) is 0 Å². The fraction of sp³-hybridized carbons (Fsp3) is 1.00. The maximum Gasteiger partial charge on any atom is 0.472 e. The van der Waals surface area contributed by atoms with Gasteiger partial charge in [-0.1, -0.05) is 13.8 Å². The summed E-state index contributed by atoms with van der Waals surface area (Å²) in [5, 5.41) is 0. The monoisotopic (exact) mass is 308 g/mol. The van der Waals surface area contributed by atoms with Crippen molar-refractivity contribution in [1.29, 1.82) is 0 Å². The standard InChI is InChI=1S/C13H25O6P/c1-8(2)6-10-11(12-13(5,17-10)7-16-12)19-20(14,15)18-9(3)4/h8-12H,6-7H2,1-5H3,(H,14,15)/t10-,11?,12+,13-/m1/s1. The second-order valence-corrected chi connectivity index (χ2v) is 7.88. The molecule has 2 saturated heterocycles. The van der Waals surface area contributed by atoms with Crippen molar-refractivity contribution < 1.29 is 28.0 Å². The molecule has 118 valence electrons. The lowest BCUT2D eigenvalue weighted by Gasteiger charge is -2.41. The van der Waals surface area contributed by atoms with Gasteiger partial charge in [-0.2, -0.15) is 0 Å². The highest BCUT2D eigenvalue weighted by Crippen LogP contribution is 2.53. The highest BCUT2D eigenvalue weighted by molar-refractivity contribution is 7.47. The van der Waals surface area contributed by atoms with Crippen molar-refractivity contribution in [3.05, 3.63) is 0 Å². The molecule has 2 unspecified atom stereocenters. The minimum atomic E-state index is -4.10. The quantitative estimate of drug-likeness (QED) is 0.760. The Bertz CT molecular complexity index is 398. The smallest absolute Gasteiger partial charge is 0.369 e. The zero-order chi connectivity index (χ0) is 15.1. The zero-order valence-corrected chi connectivity index (χ0v) is 13.6. The Morgan fingerprint density at radius 2 is 2.05 bits per heavy atom. The highest BCUT2D eigenvalue weighted by atomic mass is 31.2. The van der Waals surface area contributed by atoms with E-state index in [4.69, 9.17) is 18.5 Å². The van der Waals surface area contributed by atoms with Crippen LogP contribution in [-0.2, 0) is 23.1 Å². The summed E-state index contributed by atoms with van der Waals surface area (Å²) in [7, 11) is -4.10. The number of phosphoric ester groups is 1. The van der Waals surface area contributed by atoms with Gasteiger partial charge in [0, 0.05) is 0 Å². The molecule has 2 aliphatic heterocycles. The summed E-state index contributed by atoms with van der Waals surface area (Å²) in [6.45, 7) is 9.97. The molecule has 2 fully saturated rings. The molecule has 7 heteroatoms. The Balaban J connectivity index is 2.08. The van der Waals surface area contributed by atoms with Crippen LogP contribution in [0.5, 0.6) is 0 Å². The molecule has 6 nitrogen and oxygen atoms in total. The van der Waals surface area contributed by atoms with Gasteiger partial charge < -0.3 is 14.4 Å². The maximum absolute atomic E-state index is 12.0. The number of phosphoric acid groups is 1. The van der Waals surface area contributed by atoms with Gasteiger partial charge in [0.15, 0.2) is 0 Å². The minimum Gasteiger partial charge on any atom is -0.369 e. The van der Waals surface area contributed by atoms with Gasteiger partial charge in [-0.05, 0) is 33.1 Å². The van der Waals surface area contributed by atoms with E-state index < -0.39 is 19.5 Å². The van der Waals surface area contributed by atoms with Gasteiger partial charge in [-0.25, -0.2) is 4.57 Å². The summed E-state index contributed by atoms with van der Waals surface area (Å²) < 4.78 is 33.8. The molecule has 2 aliphatic rings. The number of ether oxygens (including phenoxy) is 2. The zero-order valence-electron chi connectivity index (χ0n) is 12.7. The summed E-state index contributed by atoms with van der Waals surface area (Å²) in [6, 6.07) is 0. The molecule has 2 rings (SSSR count). The van der Waals surface area contributed by atoms with Crippen LogP contribution in [0, 0.1) is 5.92 Å². The molecule has 1 N–H and O–H groups in total. The van der Waals surface area contributed by atoms with Crippen LogP contribution < -0.4 is 0 Å². The lowest BCUT2D eigenvalue weighted by atomic mass is 9.91. The second kappa shape index (κ2) is 5.67. The van der Waals surface area contributed by atoms with Crippen molar-refractivity contribution in [3.63, 3.8) is 0 Å². The summed E-state index contributed by atoms with van der Waals surface area (Å²) in [5.74, 6) is 0.399. The first-order chi connectivity index (χ1) is 9.13. The maximum atomic E-state index is 12.0. The summed E-state index contributed by atoms with van der Waals surface area (Å²) >= 11 is 0. The van der Waals surface area contributed by atoms with Crippen LogP contribution in [0.2, 0.25) is 0 Å². The van der Waals surface area contributed by atoms with Crippen LogP contribution in [0.4, 0.5) is 0 Å². The van der Waals surface area contributed by atoms with E-state index in [1.54, 1.807) is 13.8 Å². The van der Waals surface area contributed by atoms with Crippen LogP contribution >= 0.6 is 7.82 Å². The predicted molar refractivity (Wildman–Crippen MR) is 73.4 cm³/mol. The molecule has 0 bridgehead atoms. The first kappa shape index (κ1) is 16.4. The lowest BCUT2D eigenvalue weighted by molar-refractivity contribution is -0.218. The van der Waals surface area contributed by atoms with E-state index in [1.165, 1.54) is 0 Å². The van der Waals surface area contributed by atoms with Gasteiger partial charge in [-0.15, -0.1) is 0 Å². The summed E-state index contributed by atoms with van der Waals surface area (Å²) in [6.07, 6.45) is -0.746. The first-order valence-electron chi connectivity index (χ1n) is 7.12. The normalized spacial score (nSPS) is 39.7. The van der Waals surface area contributed by atoms with E-state index in [-0.39, 0.29) is 18.3 Å². The third kappa shape index (κ3) is 3.43. The first-order valence-corrected chi connectivity index (χ1v) is 8.61. The molecule has 0 aromatic heterocycles. The molecule has 0 aliphatic carbocycles. The Hall–Kier alpha value is 0.0300. The summed E-state index contributed by atoms with van der Waals surface area (Å²) in [5.41, 5.74) is -0.415. The van der Waals surface area contributed by atoms with E-state index in [0.717, 1.165) is 6.42 Å². The predicted octanol–water partition coefficient (Wildman–Crippen LogP) is 2.50. The lowest BCUT2D eigenvalue weighted by Crippen LogP contribution is -2.57. The Morgan fingerprint density at radius 1 is 1.40 bits per heavy atom. The fourth-order valence-electron chi connectivity index (χ4n) is 2.78. The van der Waals surface area contributed by atoms with Crippen molar-refractivity contribution in [2.75, 3.05) is 6.61 Å². The Labute approximate surface area is 120 Å². The van der Waals surface area contributed by atoms with Gasteiger partial charge >= 0.3 is 7.82 Å². The minimum absolute atomic E-state index is 0.247. The van der Waals surface area contributed by atoms with Gasteiger partial charge in [0.2, 0.25) is 0 Å². The summed E-state index contributed by atoms with van der Waals surface area (Å²) in [4.78, 5) is 9.81. The van der Waals surface area contributed by atoms with Gasteiger partial charge in [0.05, 0.1) is 18.8 Å². The molecule has 0 spiro atoms. The number of hydrogen-bond acceptors (Lipinski definition) is 5. The van der Waals surface area contributed by atoms with Crippen molar-refractivity contribution in [2.24, 2.45) is 5.92 Å². The van der Waals surface area contributed by atoms with E-state index in [0.29, 0.717) is 12.5 Å². The van der Waals surface area contributed by atoms with Gasteiger partial charge in [-0.3, -0.25) is 9.05 Å². The largest absolute Gasteiger partial charge is 0.472 e. The molecule has 0 aromatic rings. The third-order valence-corrected chi connectivity index (χ3v) is 4.74. The molecule has 2 heterocycles. The topological polar surface area (TPSA) is 74.2 Å². The molecule has 0 radical (unpaired) electrons. The van der Waals surface area contributed by atoms with Crippen molar-refractivity contribution in [2.45, 2.75) is 71.1 Å². The molecular formula is C13H25O6P. The molecule has 0 amide bonds. The Morgan fingerprint density at radius 3 is 2.50 bits per heavy atom. The Kier molecular flexibility index (Phi) is 4.65. The van der Waals surface area contributed by atoms with Crippen LogP contribution in [0.15, 0.2) is 0 Å². The average molecular weight is 308 g/mol. The molecule has 20 heavy (non-hydrogen) atoms. The highest BCUT2D eigenvalue weighted by Gasteiger charge is 2.61. The number of fused-ring (bicyclic) bond motifs is 1.